The lowest BCUT2D eigenvalue weighted by Gasteiger charge is -2.28. The van der Waals surface area contributed by atoms with Gasteiger partial charge in [-0.3, -0.25) is 0 Å². The van der Waals surface area contributed by atoms with E-state index in [1.54, 1.807) is 14.2 Å². The lowest BCUT2D eigenvalue weighted by atomic mass is 9.77. The molecule has 0 heterocycles. The maximum absolute atomic E-state index is 5.21. The van der Waals surface area contributed by atoms with E-state index in [0.717, 1.165) is 35.2 Å². The van der Waals surface area contributed by atoms with E-state index in [-0.39, 0.29) is 0 Å². The van der Waals surface area contributed by atoms with E-state index in [4.69, 9.17) is 9.47 Å². The van der Waals surface area contributed by atoms with E-state index in [2.05, 4.69) is 62.4 Å². The van der Waals surface area contributed by atoms with Gasteiger partial charge in [0.05, 0.1) is 14.2 Å². The van der Waals surface area contributed by atoms with Crippen LogP contribution < -0.4 is 9.47 Å². The second kappa shape index (κ2) is 14.4. The molecule has 2 saturated carbocycles. The van der Waals surface area contributed by atoms with Crippen molar-refractivity contribution in [3.63, 3.8) is 0 Å². The highest BCUT2D eigenvalue weighted by molar-refractivity contribution is 5.30. The SMILES string of the molecule is CCCC1CCC(c2ccc(OC)cc2)CC1.CCCC1CCC(c2ccc(OC)cc2)CC1. The molecule has 188 valence electrons. The highest BCUT2D eigenvalue weighted by atomic mass is 16.5. The summed E-state index contributed by atoms with van der Waals surface area (Å²) in [4.78, 5) is 0. The van der Waals surface area contributed by atoms with Crippen LogP contribution in [0.2, 0.25) is 0 Å². The third-order valence-electron chi connectivity index (χ3n) is 8.26. The second-order valence-electron chi connectivity index (χ2n) is 10.6. The number of ether oxygens (including phenoxy) is 2. The summed E-state index contributed by atoms with van der Waals surface area (Å²) in [5, 5.41) is 0. The molecule has 0 spiro atoms. The summed E-state index contributed by atoms with van der Waals surface area (Å²) < 4.78 is 10.4. The van der Waals surface area contributed by atoms with Crippen LogP contribution in [0.15, 0.2) is 48.5 Å². The number of benzene rings is 2. The molecule has 2 aromatic carbocycles. The van der Waals surface area contributed by atoms with Gasteiger partial charge in [0, 0.05) is 0 Å². The van der Waals surface area contributed by atoms with Gasteiger partial charge in [-0.2, -0.15) is 0 Å². The fourth-order valence-corrected chi connectivity index (χ4v) is 6.14. The highest BCUT2D eigenvalue weighted by Crippen LogP contribution is 2.38. The van der Waals surface area contributed by atoms with Crippen LogP contribution in [-0.4, -0.2) is 14.2 Å². The zero-order valence-electron chi connectivity index (χ0n) is 22.2. The first-order valence-electron chi connectivity index (χ1n) is 13.9. The monoisotopic (exact) mass is 464 g/mol. The van der Waals surface area contributed by atoms with Gasteiger partial charge in [-0.15, -0.1) is 0 Å². The first-order valence-corrected chi connectivity index (χ1v) is 13.9. The average Bonchev–Trinajstić information content (AvgIpc) is 2.90. The van der Waals surface area contributed by atoms with E-state index in [1.165, 1.54) is 88.2 Å². The zero-order valence-corrected chi connectivity index (χ0v) is 22.2. The summed E-state index contributed by atoms with van der Waals surface area (Å²) >= 11 is 0. The minimum Gasteiger partial charge on any atom is -0.497 e. The fourth-order valence-electron chi connectivity index (χ4n) is 6.14. The van der Waals surface area contributed by atoms with Gasteiger partial charge in [-0.1, -0.05) is 63.8 Å². The molecule has 2 nitrogen and oxygen atoms in total. The van der Waals surface area contributed by atoms with Crippen molar-refractivity contribution >= 4 is 0 Å². The molecule has 0 aliphatic heterocycles. The van der Waals surface area contributed by atoms with Crippen molar-refractivity contribution in [3.8, 4) is 11.5 Å². The molecule has 0 radical (unpaired) electrons. The van der Waals surface area contributed by atoms with E-state index in [0.29, 0.717) is 0 Å². The highest BCUT2D eigenvalue weighted by Gasteiger charge is 2.22. The van der Waals surface area contributed by atoms with Crippen LogP contribution in [0.4, 0.5) is 0 Å². The minimum absolute atomic E-state index is 0.786. The Hall–Kier alpha value is -1.96. The van der Waals surface area contributed by atoms with Gasteiger partial charge in [-0.25, -0.2) is 0 Å². The smallest absolute Gasteiger partial charge is 0.118 e. The topological polar surface area (TPSA) is 18.5 Å². The van der Waals surface area contributed by atoms with Crippen molar-refractivity contribution in [1.82, 2.24) is 0 Å². The predicted molar refractivity (Wildman–Crippen MR) is 145 cm³/mol. The van der Waals surface area contributed by atoms with E-state index < -0.39 is 0 Å². The van der Waals surface area contributed by atoms with Gasteiger partial charge in [0.2, 0.25) is 0 Å². The van der Waals surface area contributed by atoms with Crippen molar-refractivity contribution in [2.24, 2.45) is 11.8 Å². The van der Waals surface area contributed by atoms with Gasteiger partial charge in [-0.05, 0) is 110 Å². The number of methoxy groups -OCH3 is 2. The van der Waals surface area contributed by atoms with Crippen LogP contribution in [0.5, 0.6) is 11.5 Å². The lowest BCUT2D eigenvalue weighted by molar-refractivity contribution is 0.308. The zero-order chi connectivity index (χ0) is 24.2. The van der Waals surface area contributed by atoms with Gasteiger partial charge in [0.25, 0.3) is 0 Å². The summed E-state index contributed by atoms with van der Waals surface area (Å²) in [6.07, 6.45) is 16.7. The molecular formula is C32H48O2. The standard InChI is InChI=1S/2C16H24O/c2*1-3-4-13-5-7-14(8-6-13)15-9-11-16(17-2)12-10-15/h2*9-14H,3-8H2,1-2H3. The Bertz CT molecular complexity index is 709. The summed E-state index contributed by atoms with van der Waals surface area (Å²) in [5.74, 6) is 5.49. The predicted octanol–water partition coefficient (Wildman–Crippen LogP) is 9.54. The molecular weight excluding hydrogens is 416 g/mol. The minimum atomic E-state index is 0.786. The molecule has 0 bridgehead atoms. The first kappa shape index (κ1) is 26.6. The van der Waals surface area contributed by atoms with Crippen LogP contribution in [0.1, 0.15) is 114 Å². The largest absolute Gasteiger partial charge is 0.497 e. The number of rotatable bonds is 8. The Morgan fingerprint density at radius 1 is 0.529 bits per heavy atom. The van der Waals surface area contributed by atoms with Crippen LogP contribution in [-0.2, 0) is 0 Å². The molecule has 0 unspecified atom stereocenters. The van der Waals surface area contributed by atoms with E-state index >= 15 is 0 Å². The van der Waals surface area contributed by atoms with Crippen molar-refractivity contribution in [1.29, 1.82) is 0 Å². The Morgan fingerprint density at radius 2 is 0.853 bits per heavy atom. The third kappa shape index (κ3) is 8.07. The first-order chi connectivity index (χ1) is 16.7. The fraction of sp³-hybridized carbons (Fsp3) is 0.625. The van der Waals surface area contributed by atoms with Crippen molar-refractivity contribution < 1.29 is 9.47 Å². The molecule has 0 aromatic heterocycles. The molecule has 0 saturated heterocycles. The van der Waals surface area contributed by atoms with Crippen molar-refractivity contribution in [3.05, 3.63) is 59.7 Å². The molecule has 0 amide bonds. The van der Waals surface area contributed by atoms with Gasteiger partial charge in [0.15, 0.2) is 0 Å². The number of hydrogen-bond donors (Lipinski definition) is 0. The Kier molecular flexibility index (Phi) is 11.3. The normalized spacial score (nSPS) is 24.6. The summed E-state index contributed by atoms with van der Waals surface area (Å²) in [6, 6.07) is 17.3. The van der Waals surface area contributed by atoms with Gasteiger partial charge >= 0.3 is 0 Å². The maximum Gasteiger partial charge on any atom is 0.118 e. The Balaban J connectivity index is 0.000000191. The molecule has 34 heavy (non-hydrogen) atoms. The van der Waals surface area contributed by atoms with Crippen molar-refractivity contribution in [2.75, 3.05) is 14.2 Å². The van der Waals surface area contributed by atoms with Gasteiger partial charge in [0.1, 0.15) is 11.5 Å². The summed E-state index contributed by atoms with van der Waals surface area (Å²) in [7, 11) is 3.45. The quantitative estimate of drug-likeness (QED) is 0.387. The lowest BCUT2D eigenvalue weighted by Crippen LogP contribution is -2.13. The van der Waals surface area contributed by atoms with Crippen LogP contribution in [0.3, 0.4) is 0 Å². The molecule has 0 N–H and O–H groups in total. The molecule has 2 aromatic rings. The summed E-state index contributed by atoms with van der Waals surface area (Å²) in [6.45, 7) is 4.60. The second-order valence-corrected chi connectivity index (χ2v) is 10.6. The van der Waals surface area contributed by atoms with Crippen LogP contribution in [0.25, 0.3) is 0 Å². The molecule has 4 rings (SSSR count). The summed E-state index contributed by atoms with van der Waals surface area (Å²) in [5.41, 5.74) is 3.00. The Morgan fingerprint density at radius 3 is 1.12 bits per heavy atom. The molecule has 2 fully saturated rings. The molecule has 2 aliphatic rings. The third-order valence-corrected chi connectivity index (χ3v) is 8.26. The van der Waals surface area contributed by atoms with Gasteiger partial charge < -0.3 is 9.47 Å². The van der Waals surface area contributed by atoms with E-state index in [1.807, 2.05) is 0 Å². The van der Waals surface area contributed by atoms with Crippen LogP contribution >= 0.6 is 0 Å². The Labute approximate surface area is 209 Å². The van der Waals surface area contributed by atoms with E-state index in [9.17, 15) is 0 Å². The van der Waals surface area contributed by atoms with Crippen molar-refractivity contribution in [2.45, 2.75) is 103 Å². The average molecular weight is 465 g/mol. The molecule has 2 heteroatoms. The maximum atomic E-state index is 5.21. The molecule has 2 aliphatic carbocycles. The number of hydrogen-bond acceptors (Lipinski definition) is 2. The van der Waals surface area contributed by atoms with Crippen LogP contribution in [0, 0.1) is 11.8 Å². The molecule has 0 atom stereocenters.